The standard InChI is InChI=1S/C23H22ClNO6S/c1-4-30-23(27)21-17(14-5-10-18(28-2)19(11-14)29-3)13-32-22(21)25-20(26)12-31-16-8-6-15(24)7-9-16/h5-11,13H,4,12H2,1-3H3,(H,25,26). The first-order valence-corrected chi connectivity index (χ1v) is 10.9. The molecule has 168 valence electrons. The van der Waals surface area contributed by atoms with Crippen LogP contribution in [0.25, 0.3) is 11.1 Å². The zero-order valence-corrected chi connectivity index (χ0v) is 19.3. The molecule has 1 amide bonds. The van der Waals surface area contributed by atoms with Crippen molar-refractivity contribution in [3.8, 4) is 28.4 Å². The molecule has 0 radical (unpaired) electrons. The van der Waals surface area contributed by atoms with Crippen molar-refractivity contribution in [3.05, 3.63) is 58.4 Å². The summed E-state index contributed by atoms with van der Waals surface area (Å²) in [5, 5.41) is 5.47. The van der Waals surface area contributed by atoms with E-state index in [0.29, 0.717) is 32.8 Å². The average molecular weight is 476 g/mol. The number of rotatable bonds is 9. The highest BCUT2D eigenvalue weighted by Crippen LogP contribution is 2.39. The molecule has 9 heteroatoms. The third-order valence-corrected chi connectivity index (χ3v) is 5.55. The number of amides is 1. The molecular weight excluding hydrogens is 454 g/mol. The molecular formula is C23H22ClNO6S. The van der Waals surface area contributed by atoms with Crippen molar-refractivity contribution < 1.29 is 28.5 Å². The number of anilines is 1. The molecule has 0 spiro atoms. The number of carbonyl (C=O) groups excluding carboxylic acids is 2. The van der Waals surface area contributed by atoms with E-state index in [9.17, 15) is 9.59 Å². The summed E-state index contributed by atoms with van der Waals surface area (Å²) in [7, 11) is 3.08. The zero-order valence-electron chi connectivity index (χ0n) is 17.8. The van der Waals surface area contributed by atoms with Gasteiger partial charge in [0, 0.05) is 16.0 Å². The molecule has 3 aromatic rings. The first-order valence-electron chi connectivity index (χ1n) is 9.66. The topological polar surface area (TPSA) is 83.1 Å². The smallest absolute Gasteiger partial charge is 0.341 e. The number of hydrogen-bond donors (Lipinski definition) is 1. The highest BCUT2D eigenvalue weighted by molar-refractivity contribution is 7.15. The van der Waals surface area contributed by atoms with Gasteiger partial charge < -0.3 is 24.3 Å². The minimum Gasteiger partial charge on any atom is -0.493 e. The van der Waals surface area contributed by atoms with Gasteiger partial charge >= 0.3 is 5.97 Å². The van der Waals surface area contributed by atoms with Gasteiger partial charge in [-0.2, -0.15) is 0 Å². The fraction of sp³-hybridized carbons (Fsp3) is 0.217. The van der Waals surface area contributed by atoms with Gasteiger partial charge in [0.2, 0.25) is 0 Å². The SMILES string of the molecule is CCOC(=O)c1c(-c2ccc(OC)c(OC)c2)csc1NC(=O)COc1ccc(Cl)cc1. The minimum atomic E-state index is -0.535. The van der Waals surface area contributed by atoms with Crippen LogP contribution in [-0.2, 0) is 9.53 Å². The molecule has 32 heavy (non-hydrogen) atoms. The fourth-order valence-electron chi connectivity index (χ4n) is 2.91. The number of esters is 1. The second kappa shape index (κ2) is 10.9. The Bertz CT molecular complexity index is 1100. The van der Waals surface area contributed by atoms with Crippen molar-refractivity contribution >= 4 is 39.8 Å². The largest absolute Gasteiger partial charge is 0.493 e. The van der Waals surface area contributed by atoms with E-state index in [0.717, 1.165) is 5.56 Å². The van der Waals surface area contributed by atoms with E-state index in [4.69, 9.17) is 30.5 Å². The molecule has 0 saturated carbocycles. The Labute approximate surface area is 194 Å². The summed E-state index contributed by atoms with van der Waals surface area (Å²) < 4.78 is 21.4. The van der Waals surface area contributed by atoms with Crippen LogP contribution in [0.4, 0.5) is 5.00 Å². The molecule has 1 aromatic heterocycles. The number of nitrogens with one attached hydrogen (secondary N) is 1. The number of hydrogen-bond acceptors (Lipinski definition) is 7. The van der Waals surface area contributed by atoms with Crippen LogP contribution in [0, 0.1) is 0 Å². The van der Waals surface area contributed by atoms with Crippen LogP contribution in [-0.4, -0.2) is 39.3 Å². The summed E-state index contributed by atoms with van der Waals surface area (Å²) in [6.45, 7) is 1.69. The quantitative estimate of drug-likeness (QED) is 0.424. The molecule has 0 bridgehead atoms. The van der Waals surface area contributed by atoms with E-state index < -0.39 is 11.9 Å². The summed E-state index contributed by atoms with van der Waals surface area (Å²) >= 11 is 7.07. The first kappa shape index (κ1) is 23.4. The molecule has 2 aromatic carbocycles. The van der Waals surface area contributed by atoms with Crippen molar-refractivity contribution in [3.63, 3.8) is 0 Å². The monoisotopic (exact) mass is 475 g/mol. The van der Waals surface area contributed by atoms with Crippen LogP contribution in [0.3, 0.4) is 0 Å². The van der Waals surface area contributed by atoms with Gasteiger partial charge in [0.15, 0.2) is 18.1 Å². The van der Waals surface area contributed by atoms with Gasteiger partial charge in [-0.25, -0.2) is 4.79 Å². The van der Waals surface area contributed by atoms with Crippen molar-refractivity contribution in [2.24, 2.45) is 0 Å². The molecule has 1 N–H and O–H groups in total. The van der Waals surface area contributed by atoms with Gasteiger partial charge in [-0.3, -0.25) is 4.79 Å². The van der Waals surface area contributed by atoms with Crippen molar-refractivity contribution in [2.75, 3.05) is 32.8 Å². The van der Waals surface area contributed by atoms with Gasteiger partial charge in [-0.05, 0) is 48.9 Å². The number of methoxy groups -OCH3 is 2. The van der Waals surface area contributed by atoms with Crippen molar-refractivity contribution in [2.45, 2.75) is 6.92 Å². The lowest BCUT2D eigenvalue weighted by molar-refractivity contribution is -0.118. The van der Waals surface area contributed by atoms with Crippen LogP contribution >= 0.6 is 22.9 Å². The molecule has 0 saturated heterocycles. The predicted octanol–water partition coefficient (Wildman–Crippen LogP) is 5.28. The Balaban J connectivity index is 1.85. The molecule has 0 aliphatic carbocycles. The molecule has 3 rings (SSSR count). The third kappa shape index (κ3) is 5.52. The minimum absolute atomic E-state index is 0.202. The lowest BCUT2D eigenvalue weighted by atomic mass is 10.0. The summed E-state index contributed by atoms with van der Waals surface area (Å²) in [6.07, 6.45) is 0. The highest BCUT2D eigenvalue weighted by atomic mass is 35.5. The van der Waals surface area contributed by atoms with E-state index in [2.05, 4.69) is 5.32 Å². The second-order valence-corrected chi connectivity index (χ2v) is 7.75. The second-order valence-electron chi connectivity index (χ2n) is 6.43. The van der Waals surface area contributed by atoms with E-state index in [1.807, 2.05) is 0 Å². The van der Waals surface area contributed by atoms with Crippen LogP contribution in [0.1, 0.15) is 17.3 Å². The van der Waals surface area contributed by atoms with Crippen LogP contribution in [0.2, 0.25) is 5.02 Å². The Hall–Kier alpha value is -3.23. The molecule has 0 aliphatic rings. The Morgan fingerprint density at radius 1 is 1.03 bits per heavy atom. The van der Waals surface area contributed by atoms with E-state index >= 15 is 0 Å². The number of benzene rings is 2. The summed E-state index contributed by atoms with van der Waals surface area (Å²) in [6, 6.07) is 12.0. The lowest BCUT2D eigenvalue weighted by Crippen LogP contribution is -2.21. The summed E-state index contributed by atoms with van der Waals surface area (Å²) in [4.78, 5) is 25.2. The number of carbonyl (C=O) groups is 2. The molecule has 0 fully saturated rings. The Morgan fingerprint density at radius 3 is 2.41 bits per heavy atom. The van der Waals surface area contributed by atoms with Crippen molar-refractivity contribution in [1.29, 1.82) is 0 Å². The first-order chi connectivity index (χ1) is 15.5. The van der Waals surface area contributed by atoms with Crippen molar-refractivity contribution in [1.82, 2.24) is 0 Å². The van der Waals surface area contributed by atoms with Crippen LogP contribution in [0.5, 0.6) is 17.2 Å². The molecule has 1 heterocycles. The zero-order chi connectivity index (χ0) is 23.1. The van der Waals surface area contributed by atoms with Crippen LogP contribution in [0.15, 0.2) is 47.8 Å². The molecule has 0 atom stereocenters. The maximum absolute atomic E-state index is 12.7. The average Bonchev–Trinajstić information content (AvgIpc) is 3.21. The Kier molecular flexibility index (Phi) is 7.97. The van der Waals surface area contributed by atoms with Gasteiger partial charge in [0.1, 0.15) is 16.3 Å². The number of halogens is 1. The van der Waals surface area contributed by atoms with E-state index in [1.165, 1.54) is 18.4 Å². The Morgan fingerprint density at radius 2 is 1.75 bits per heavy atom. The molecule has 7 nitrogen and oxygen atoms in total. The van der Waals surface area contributed by atoms with E-state index in [-0.39, 0.29) is 18.8 Å². The maximum atomic E-state index is 12.7. The van der Waals surface area contributed by atoms with Gasteiger partial charge in [-0.1, -0.05) is 17.7 Å². The fourth-order valence-corrected chi connectivity index (χ4v) is 4.01. The highest BCUT2D eigenvalue weighted by Gasteiger charge is 2.23. The molecule has 0 unspecified atom stereocenters. The summed E-state index contributed by atoms with van der Waals surface area (Å²) in [5.74, 6) is 0.649. The van der Waals surface area contributed by atoms with Gasteiger partial charge in [-0.15, -0.1) is 11.3 Å². The summed E-state index contributed by atoms with van der Waals surface area (Å²) in [5.41, 5.74) is 1.60. The van der Waals surface area contributed by atoms with E-state index in [1.54, 1.807) is 61.9 Å². The number of ether oxygens (including phenoxy) is 4. The van der Waals surface area contributed by atoms with Gasteiger partial charge in [0.25, 0.3) is 5.91 Å². The lowest BCUT2D eigenvalue weighted by Gasteiger charge is -2.11. The molecule has 0 aliphatic heterocycles. The third-order valence-electron chi connectivity index (χ3n) is 4.40. The number of thiophene rings is 1. The van der Waals surface area contributed by atoms with Gasteiger partial charge in [0.05, 0.1) is 20.8 Å². The predicted molar refractivity (Wildman–Crippen MR) is 124 cm³/mol. The normalized spacial score (nSPS) is 10.4. The van der Waals surface area contributed by atoms with Crippen LogP contribution < -0.4 is 19.5 Å². The maximum Gasteiger partial charge on any atom is 0.341 e.